The Kier molecular flexibility index (Phi) is 6.70. The number of benzene rings is 1. The number of methoxy groups -OCH3 is 1. The van der Waals surface area contributed by atoms with Crippen molar-refractivity contribution in [2.24, 2.45) is 0 Å². The summed E-state index contributed by atoms with van der Waals surface area (Å²) >= 11 is 3.39. The molecule has 0 saturated carbocycles. The molecule has 4 heteroatoms. The number of carbonyl (C=O) groups is 1. The molecule has 0 bridgehead atoms. The van der Waals surface area contributed by atoms with Crippen molar-refractivity contribution in [3.05, 3.63) is 23.8 Å². The normalized spacial score (nSPS) is 10.0. The van der Waals surface area contributed by atoms with Crippen LogP contribution in [0.3, 0.4) is 0 Å². The predicted molar refractivity (Wildman–Crippen MR) is 71.5 cm³/mol. The Balaban J connectivity index is 2.49. The summed E-state index contributed by atoms with van der Waals surface area (Å²) < 4.78 is 10.8. The number of ether oxygens (including phenoxy) is 2. The molecule has 17 heavy (non-hydrogen) atoms. The molecule has 0 N–H and O–H groups in total. The van der Waals surface area contributed by atoms with Crippen LogP contribution in [0.4, 0.5) is 0 Å². The lowest BCUT2D eigenvalue weighted by Crippen LogP contribution is -2.00. The van der Waals surface area contributed by atoms with E-state index in [-0.39, 0.29) is 0 Å². The van der Waals surface area contributed by atoms with Gasteiger partial charge < -0.3 is 9.47 Å². The van der Waals surface area contributed by atoms with Crippen LogP contribution in [0.2, 0.25) is 0 Å². The third-order valence-corrected chi connectivity index (χ3v) is 2.92. The molecule has 0 aliphatic heterocycles. The van der Waals surface area contributed by atoms with Crippen LogP contribution < -0.4 is 9.47 Å². The highest BCUT2D eigenvalue weighted by Crippen LogP contribution is 2.27. The van der Waals surface area contributed by atoms with E-state index in [2.05, 4.69) is 15.9 Å². The molecule has 0 spiro atoms. The molecule has 0 heterocycles. The summed E-state index contributed by atoms with van der Waals surface area (Å²) in [6.07, 6.45) is 4.11. The van der Waals surface area contributed by atoms with E-state index >= 15 is 0 Å². The van der Waals surface area contributed by atoms with Crippen LogP contribution in [-0.4, -0.2) is 25.3 Å². The van der Waals surface area contributed by atoms with Crippen molar-refractivity contribution in [2.75, 3.05) is 19.0 Å². The lowest BCUT2D eigenvalue weighted by atomic mass is 10.2. The van der Waals surface area contributed by atoms with Crippen LogP contribution in [0.1, 0.15) is 29.6 Å². The number of halogens is 1. The summed E-state index contributed by atoms with van der Waals surface area (Å²) in [5, 5.41) is 1.03. The SMILES string of the molecule is COc1cc(C=O)ccc1OCCCCCBr. The lowest BCUT2D eigenvalue weighted by molar-refractivity contribution is 0.112. The standard InChI is InChI=1S/C13H17BrO3/c1-16-13-9-11(10-15)5-6-12(13)17-8-4-2-3-7-14/h5-6,9-10H,2-4,7-8H2,1H3. The van der Waals surface area contributed by atoms with Gasteiger partial charge in [0.25, 0.3) is 0 Å². The number of alkyl halides is 1. The van der Waals surface area contributed by atoms with Gasteiger partial charge in [-0.15, -0.1) is 0 Å². The molecule has 0 fully saturated rings. The van der Waals surface area contributed by atoms with Gasteiger partial charge in [-0.1, -0.05) is 15.9 Å². The molecule has 0 atom stereocenters. The summed E-state index contributed by atoms with van der Waals surface area (Å²) in [6.45, 7) is 0.670. The van der Waals surface area contributed by atoms with Crippen molar-refractivity contribution in [3.8, 4) is 11.5 Å². The highest BCUT2D eigenvalue weighted by molar-refractivity contribution is 9.09. The summed E-state index contributed by atoms with van der Waals surface area (Å²) in [4.78, 5) is 10.6. The average molecular weight is 301 g/mol. The van der Waals surface area contributed by atoms with Crippen LogP contribution in [0.25, 0.3) is 0 Å². The van der Waals surface area contributed by atoms with E-state index in [1.807, 2.05) is 0 Å². The Morgan fingerprint density at radius 1 is 1.24 bits per heavy atom. The minimum absolute atomic E-state index is 0.591. The van der Waals surface area contributed by atoms with Crippen molar-refractivity contribution < 1.29 is 14.3 Å². The third kappa shape index (κ3) is 4.77. The van der Waals surface area contributed by atoms with E-state index in [9.17, 15) is 4.79 Å². The van der Waals surface area contributed by atoms with Gasteiger partial charge in [-0.3, -0.25) is 4.79 Å². The van der Waals surface area contributed by atoms with E-state index < -0.39 is 0 Å². The Labute approximate surface area is 110 Å². The number of carbonyl (C=O) groups excluding carboxylic acids is 1. The van der Waals surface area contributed by atoms with Crippen molar-refractivity contribution >= 4 is 22.2 Å². The maximum absolute atomic E-state index is 10.6. The topological polar surface area (TPSA) is 35.5 Å². The zero-order chi connectivity index (χ0) is 12.5. The molecule has 94 valence electrons. The second-order valence-corrected chi connectivity index (χ2v) is 4.42. The van der Waals surface area contributed by atoms with Gasteiger partial charge in [-0.25, -0.2) is 0 Å². The highest BCUT2D eigenvalue weighted by atomic mass is 79.9. The summed E-state index contributed by atoms with van der Waals surface area (Å²) in [5.74, 6) is 1.30. The number of aldehydes is 1. The number of hydrogen-bond acceptors (Lipinski definition) is 3. The van der Waals surface area contributed by atoms with Crippen molar-refractivity contribution in [1.82, 2.24) is 0 Å². The molecule has 1 rings (SSSR count). The quantitative estimate of drug-likeness (QED) is 0.419. The van der Waals surface area contributed by atoms with Crippen LogP contribution >= 0.6 is 15.9 Å². The molecule has 0 amide bonds. The van der Waals surface area contributed by atoms with Gasteiger partial charge in [0.05, 0.1) is 13.7 Å². The van der Waals surface area contributed by atoms with Gasteiger partial charge >= 0.3 is 0 Å². The lowest BCUT2D eigenvalue weighted by Gasteiger charge is -2.10. The fourth-order valence-corrected chi connectivity index (χ4v) is 1.83. The fraction of sp³-hybridized carbons (Fsp3) is 0.462. The van der Waals surface area contributed by atoms with Gasteiger partial charge in [0.1, 0.15) is 6.29 Å². The first kappa shape index (κ1) is 14.0. The van der Waals surface area contributed by atoms with Gasteiger partial charge in [0.15, 0.2) is 11.5 Å². The number of hydrogen-bond donors (Lipinski definition) is 0. The Morgan fingerprint density at radius 2 is 2.06 bits per heavy atom. The van der Waals surface area contributed by atoms with Gasteiger partial charge in [-0.2, -0.15) is 0 Å². The minimum Gasteiger partial charge on any atom is -0.493 e. The largest absolute Gasteiger partial charge is 0.493 e. The van der Waals surface area contributed by atoms with Crippen LogP contribution in [-0.2, 0) is 0 Å². The molecular formula is C13H17BrO3. The molecule has 0 aliphatic rings. The van der Waals surface area contributed by atoms with E-state index in [4.69, 9.17) is 9.47 Å². The fourth-order valence-electron chi connectivity index (χ4n) is 1.43. The van der Waals surface area contributed by atoms with Crippen molar-refractivity contribution in [2.45, 2.75) is 19.3 Å². The van der Waals surface area contributed by atoms with Crippen LogP contribution in [0.15, 0.2) is 18.2 Å². The molecule has 1 aromatic rings. The highest BCUT2D eigenvalue weighted by Gasteiger charge is 2.05. The van der Waals surface area contributed by atoms with Gasteiger partial charge in [0, 0.05) is 10.9 Å². The first-order chi connectivity index (χ1) is 8.31. The summed E-state index contributed by atoms with van der Waals surface area (Å²) in [7, 11) is 1.57. The predicted octanol–water partition coefficient (Wildman–Crippen LogP) is 3.45. The maximum Gasteiger partial charge on any atom is 0.161 e. The molecule has 0 aliphatic carbocycles. The summed E-state index contributed by atoms with van der Waals surface area (Å²) in [6, 6.07) is 5.18. The summed E-state index contributed by atoms with van der Waals surface area (Å²) in [5.41, 5.74) is 0.591. The average Bonchev–Trinajstić information content (AvgIpc) is 2.38. The molecule has 0 radical (unpaired) electrons. The maximum atomic E-state index is 10.6. The second-order valence-electron chi connectivity index (χ2n) is 3.63. The zero-order valence-corrected chi connectivity index (χ0v) is 11.5. The Bertz CT molecular complexity index is 353. The monoisotopic (exact) mass is 300 g/mol. The van der Waals surface area contributed by atoms with E-state index in [0.717, 1.165) is 30.9 Å². The molecular weight excluding hydrogens is 284 g/mol. The Morgan fingerprint density at radius 3 is 2.71 bits per heavy atom. The van der Waals surface area contributed by atoms with Crippen LogP contribution in [0, 0.1) is 0 Å². The van der Waals surface area contributed by atoms with E-state index in [1.54, 1.807) is 25.3 Å². The van der Waals surface area contributed by atoms with Gasteiger partial charge in [-0.05, 0) is 37.5 Å². The van der Waals surface area contributed by atoms with Crippen LogP contribution in [0.5, 0.6) is 11.5 Å². The minimum atomic E-state index is 0.591. The first-order valence-electron chi connectivity index (χ1n) is 5.63. The smallest absolute Gasteiger partial charge is 0.161 e. The van der Waals surface area contributed by atoms with Gasteiger partial charge in [0.2, 0.25) is 0 Å². The third-order valence-electron chi connectivity index (χ3n) is 2.36. The zero-order valence-electron chi connectivity index (χ0n) is 9.95. The van der Waals surface area contributed by atoms with Crippen molar-refractivity contribution in [3.63, 3.8) is 0 Å². The molecule has 1 aromatic carbocycles. The second kappa shape index (κ2) is 8.12. The number of unbranched alkanes of at least 4 members (excludes halogenated alkanes) is 2. The van der Waals surface area contributed by atoms with E-state index in [0.29, 0.717) is 23.7 Å². The Hall–Kier alpha value is -1.03. The van der Waals surface area contributed by atoms with Crippen molar-refractivity contribution in [1.29, 1.82) is 0 Å². The van der Waals surface area contributed by atoms with E-state index in [1.165, 1.54) is 0 Å². The molecule has 0 unspecified atom stereocenters. The molecule has 0 saturated heterocycles. The molecule has 0 aromatic heterocycles. The first-order valence-corrected chi connectivity index (χ1v) is 6.76. The number of rotatable bonds is 8. The molecule has 3 nitrogen and oxygen atoms in total.